The largest absolute Gasteiger partial charge is 0.486 e. The van der Waals surface area contributed by atoms with E-state index in [2.05, 4.69) is 4.98 Å². The summed E-state index contributed by atoms with van der Waals surface area (Å²) >= 11 is 0. The second kappa shape index (κ2) is 8.89. The lowest BCUT2D eigenvalue weighted by molar-refractivity contribution is -0.131. The minimum Gasteiger partial charge on any atom is -0.486 e. The first-order valence-electron chi connectivity index (χ1n) is 10.7. The third kappa shape index (κ3) is 3.88. The molecule has 0 unspecified atom stereocenters. The first-order chi connectivity index (χ1) is 15.4. The van der Waals surface area contributed by atoms with E-state index in [1.165, 1.54) is 11.6 Å². The van der Waals surface area contributed by atoms with Crippen molar-refractivity contribution in [3.8, 4) is 11.5 Å². The van der Waals surface area contributed by atoms with Crippen molar-refractivity contribution < 1.29 is 14.3 Å². The van der Waals surface area contributed by atoms with Crippen LogP contribution in [-0.4, -0.2) is 49.3 Å². The molecule has 1 aromatic carbocycles. The van der Waals surface area contributed by atoms with Crippen LogP contribution >= 0.6 is 0 Å². The molecule has 4 rings (SSSR count). The SMILES string of the molecule is CCN(Cc1cccc2c1OCCO2)C(=O)CCCn1cnc2c1c(=O)n(C)c(=O)n2C. The summed E-state index contributed by atoms with van der Waals surface area (Å²) in [6, 6.07) is 5.71. The van der Waals surface area contributed by atoms with Crippen LogP contribution in [0.2, 0.25) is 0 Å². The number of imidazole rings is 1. The molecule has 0 radical (unpaired) electrons. The smallest absolute Gasteiger partial charge is 0.332 e. The van der Waals surface area contributed by atoms with E-state index >= 15 is 0 Å². The van der Waals surface area contributed by atoms with Gasteiger partial charge in [0.1, 0.15) is 13.2 Å². The van der Waals surface area contributed by atoms with Gasteiger partial charge in [-0.05, 0) is 19.4 Å². The van der Waals surface area contributed by atoms with Crippen molar-refractivity contribution in [1.29, 1.82) is 0 Å². The maximum atomic E-state index is 12.9. The van der Waals surface area contributed by atoms with Crippen LogP contribution in [0.5, 0.6) is 11.5 Å². The van der Waals surface area contributed by atoms with Crippen molar-refractivity contribution in [2.45, 2.75) is 32.9 Å². The number of rotatable bonds is 7. The highest BCUT2D eigenvalue weighted by Gasteiger charge is 2.20. The van der Waals surface area contributed by atoms with Crippen LogP contribution in [0.25, 0.3) is 11.2 Å². The van der Waals surface area contributed by atoms with Crippen LogP contribution in [0.15, 0.2) is 34.1 Å². The Morgan fingerprint density at radius 2 is 1.94 bits per heavy atom. The van der Waals surface area contributed by atoms with Crippen LogP contribution in [0.4, 0.5) is 0 Å². The maximum absolute atomic E-state index is 12.9. The number of hydrogen-bond donors (Lipinski definition) is 0. The number of amides is 1. The standard InChI is InChI=1S/C22H27N5O5/c1-4-26(13-15-7-5-8-16-19(15)32-12-11-31-16)17(28)9-6-10-27-14-23-20-18(27)21(29)25(3)22(30)24(20)2/h5,7-8,14H,4,6,9-13H2,1-3H3. The van der Waals surface area contributed by atoms with Gasteiger partial charge in [0.15, 0.2) is 22.7 Å². The first kappa shape index (κ1) is 21.7. The maximum Gasteiger partial charge on any atom is 0.332 e. The molecule has 0 saturated heterocycles. The molecule has 0 bridgehead atoms. The van der Waals surface area contributed by atoms with Crippen molar-refractivity contribution in [3.05, 3.63) is 50.9 Å². The zero-order valence-electron chi connectivity index (χ0n) is 18.5. The lowest BCUT2D eigenvalue weighted by Gasteiger charge is -2.25. The monoisotopic (exact) mass is 441 g/mol. The quantitative estimate of drug-likeness (QED) is 0.543. The number of para-hydroxylation sites is 1. The molecule has 170 valence electrons. The molecule has 32 heavy (non-hydrogen) atoms. The van der Waals surface area contributed by atoms with E-state index in [0.29, 0.717) is 68.4 Å². The zero-order chi connectivity index (χ0) is 22.8. The van der Waals surface area contributed by atoms with Crippen LogP contribution in [0, 0.1) is 0 Å². The van der Waals surface area contributed by atoms with Crippen LogP contribution in [0.3, 0.4) is 0 Å². The third-order valence-corrected chi connectivity index (χ3v) is 5.75. The normalized spacial score (nSPS) is 12.8. The fourth-order valence-corrected chi connectivity index (χ4v) is 3.97. The number of aromatic nitrogens is 4. The number of nitrogens with zero attached hydrogens (tertiary/aromatic N) is 5. The molecule has 3 aromatic rings. The molecule has 10 heteroatoms. The molecule has 0 atom stereocenters. The number of carbonyl (C=O) groups excluding carboxylic acids is 1. The Labute approximate surface area is 184 Å². The Hall–Kier alpha value is -3.56. The van der Waals surface area contributed by atoms with Crippen molar-refractivity contribution in [3.63, 3.8) is 0 Å². The Morgan fingerprint density at radius 3 is 2.72 bits per heavy atom. The van der Waals surface area contributed by atoms with E-state index in [9.17, 15) is 14.4 Å². The zero-order valence-corrected chi connectivity index (χ0v) is 18.5. The summed E-state index contributed by atoms with van der Waals surface area (Å²) in [6.45, 7) is 4.42. The Kier molecular flexibility index (Phi) is 6.02. The van der Waals surface area contributed by atoms with Crippen molar-refractivity contribution in [2.24, 2.45) is 14.1 Å². The molecular formula is C22H27N5O5. The van der Waals surface area contributed by atoms with Crippen LogP contribution in [0.1, 0.15) is 25.3 Å². The fraction of sp³-hybridized carbons (Fsp3) is 0.455. The molecule has 0 aliphatic carbocycles. The first-order valence-corrected chi connectivity index (χ1v) is 10.7. The number of aryl methyl sites for hydroxylation is 2. The third-order valence-electron chi connectivity index (χ3n) is 5.75. The second-order valence-corrected chi connectivity index (χ2v) is 7.77. The van der Waals surface area contributed by atoms with Gasteiger partial charge in [0, 0.05) is 45.7 Å². The summed E-state index contributed by atoms with van der Waals surface area (Å²) in [4.78, 5) is 43.5. The van der Waals surface area contributed by atoms with Gasteiger partial charge < -0.3 is 18.9 Å². The lowest BCUT2D eigenvalue weighted by atomic mass is 10.1. The Balaban J connectivity index is 1.44. The van der Waals surface area contributed by atoms with Gasteiger partial charge in [0.25, 0.3) is 5.56 Å². The average molecular weight is 441 g/mol. The summed E-state index contributed by atoms with van der Waals surface area (Å²) < 4.78 is 15.5. The number of ether oxygens (including phenoxy) is 2. The topological polar surface area (TPSA) is 101 Å². The van der Waals surface area contributed by atoms with Gasteiger partial charge in [0.2, 0.25) is 5.91 Å². The minimum atomic E-state index is -0.418. The van der Waals surface area contributed by atoms with Crippen LogP contribution < -0.4 is 20.7 Å². The summed E-state index contributed by atoms with van der Waals surface area (Å²) in [5, 5.41) is 0. The molecule has 10 nitrogen and oxygen atoms in total. The molecule has 0 saturated carbocycles. The number of hydrogen-bond acceptors (Lipinski definition) is 6. The summed E-state index contributed by atoms with van der Waals surface area (Å²) in [5.74, 6) is 1.43. The lowest BCUT2D eigenvalue weighted by Crippen LogP contribution is -2.37. The molecule has 0 N–H and O–H groups in total. The fourth-order valence-electron chi connectivity index (χ4n) is 3.97. The van der Waals surface area contributed by atoms with E-state index in [1.54, 1.807) is 22.8 Å². The predicted molar refractivity (Wildman–Crippen MR) is 118 cm³/mol. The van der Waals surface area contributed by atoms with Crippen molar-refractivity contribution in [2.75, 3.05) is 19.8 Å². The van der Waals surface area contributed by atoms with Crippen molar-refractivity contribution in [1.82, 2.24) is 23.6 Å². The van der Waals surface area contributed by atoms with Gasteiger partial charge >= 0.3 is 5.69 Å². The molecule has 3 heterocycles. The van der Waals surface area contributed by atoms with Crippen LogP contribution in [-0.2, 0) is 32.0 Å². The van der Waals surface area contributed by atoms with Gasteiger partial charge in [-0.25, -0.2) is 9.78 Å². The predicted octanol–water partition coefficient (Wildman–Crippen LogP) is 1.03. The highest BCUT2D eigenvalue weighted by atomic mass is 16.6. The number of benzene rings is 1. The second-order valence-electron chi connectivity index (χ2n) is 7.77. The highest BCUT2D eigenvalue weighted by molar-refractivity contribution is 5.76. The van der Waals surface area contributed by atoms with Gasteiger partial charge in [-0.15, -0.1) is 0 Å². The molecule has 0 spiro atoms. The Bertz CT molecular complexity index is 1270. The summed E-state index contributed by atoms with van der Waals surface area (Å²) in [6.07, 6.45) is 2.41. The number of fused-ring (bicyclic) bond motifs is 2. The minimum absolute atomic E-state index is 0.0200. The molecule has 2 aromatic heterocycles. The van der Waals surface area contributed by atoms with Gasteiger partial charge in [-0.3, -0.25) is 18.7 Å². The van der Waals surface area contributed by atoms with E-state index in [-0.39, 0.29) is 5.91 Å². The molecule has 1 aliphatic heterocycles. The van der Waals surface area contributed by atoms with E-state index in [0.717, 1.165) is 10.1 Å². The van der Waals surface area contributed by atoms with Gasteiger partial charge in [-0.2, -0.15) is 0 Å². The molecular weight excluding hydrogens is 414 g/mol. The average Bonchev–Trinajstić information content (AvgIpc) is 3.23. The van der Waals surface area contributed by atoms with E-state index in [1.807, 2.05) is 25.1 Å². The summed E-state index contributed by atoms with van der Waals surface area (Å²) in [5.41, 5.74) is 0.817. The van der Waals surface area contributed by atoms with Gasteiger partial charge in [0.05, 0.1) is 6.33 Å². The molecule has 1 amide bonds. The highest BCUT2D eigenvalue weighted by Crippen LogP contribution is 2.34. The van der Waals surface area contributed by atoms with Crippen molar-refractivity contribution >= 4 is 17.1 Å². The number of carbonyl (C=O) groups is 1. The van der Waals surface area contributed by atoms with Gasteiger partial charge in [-0.1, -0.05) is 12.1 Å². The molecule has 1 aliphatic rings. The Morgan fingerprint density at radius 1 is 1.16 bits per heavy atom. The van der Waals surface area contributed by atoms with E-state index < -0.39 is 11.2 Å². The summed E-state index contributed by atoms with van der Waals surface area (Å²) in [7, 11) is 3.03. The molecule has 0 fully saturated rings. The van der Waals surface area contributed by atoms with E-state index in [4.69, 9.17) is 9.47 Å².